The van der Waals surface area contributed by atoms with Crippen LogP contribution in [0.4, 0.5) is 0 Å². The molecule has 0 aromatic carbocycles. The van der Waals surface area contributed by atoms with Gasteiger partial charge < -0.3 is 49.1 Å². The number of aliphatic hydroxyl groups excluding tert-OH is 3. The summed E-state index contributed by atoms with van der Waals surface area (Å²) in [5.41, 5.74) is -0.0886. The molecule has 11 atom stereocenters. The Balaban J connectivity index is 0.00000441. The van der Waals surface area contributed by atoms with E-state index in [1.54, 1.807) is 0 Å². The summed E-state index contributed by atoms with van der Waals surface area (Å²) in [4.78, 5) is 12.7. The van der Waals surface area contributed by atoms with E-state index in [2.05, 4.69) is 47.1 Å². The van der Waals surface area contributed by atoms with Gasteiger partial charge in [0.15, 0.2) is 0 Å². The quantitative estimate of drug-likeness (QED) is 0.153. The Morgan fingerprint density at radius 1 is 1.00 bits per heavy atom. The van der Waals surface area contributed by atoms with Crippen molar-refractivity contribution in [3.63, 3.8) is 0 Å². The second-order valence-corrected chi connectivity index (χ2v) is 15.5. The minimum Gasteiger partial charge on any atom is -1.00 e. The number of nitrogens with one attached hydrogen (secondary N) is 1. The summed E-state index contributed by atoms with van der Waals surface area (Å²) in [6.07, 6.45) is 10.3. The molecular formula is C33H61IN2O4. The fourth-order valence-electron chi connectivity index (χ4n) is 10.2. The molecule has 4 unspecified atom stereocenters. The number of aliphatic hydroxyl groups is 3. The number of amides is 1. The van der Waals surface area contributed by atoms with Gasteiger partial charge in [0, 0.05) is 19.4 Å². The minimum atomic E-state index is -0.365. The molecule has 0 radical (unpaired) electrons. The van der Waals surface area contributed by atoms with Crippen LogP contribution >= 0.6 is 0 Å². The van der Waals surface area contributed by atoms with Crippen LogP contribution in [0, 0.1) is 46.3 Å². The van der Waals surface area contributed by atoms with Gasteiger partial charge in [-0.3, -0.25) is 4.79 Å². The third-order valence-corrected chi connectivity index (χ3v) is 12.7. The van der Waals surface area contributed by atoms with Gasteiger partial charge in [0.1, 0.15) is 0 Å². The number of nitrogens with zero attached hydrogens (tertiary/aromatic N) is 1. The van der Waals surface area contributed by atoms with Crippen LogP contribution in [0.3, 0.4) is 0 Å². The summed E-state index contributed by atoms with van der Waals surface area (Å²) in [6.45, 7) is 12.2. The highest BCUT2D eigenvalue weighted by Gasteiger charge is 2.65. The number of halogens is 1. The van der Waals surface area contributed by atoms with Crippen LogP contribution in [0.5, 0.6) is 0 Å². The van der Waals surface area contributed by atoms with Crippen molar-refractivity contribution in [2.75, 3.05) is 33.7 Å². The Kier molecular flexibility index (Phi) is 11.9. The van der Waals surface area contributed by atoms with E-state index in [1.165, 1.54) is 19.4 Å². The van der Waals surface area contributed by atoms with Crippen LogP contribution in [0.25, 0.3) is 0 Å². The number of hydrogen-bond acceptors (Lipinski definition) is 4. The smallest absolute Gasteiger partial charge is 0.220 e. The van der Waals surface area contributed by atoms with Gasteiger partial charge in [0.25, 0.3) is 0 Å². The second-order valence-electron chi connectivity index (χ2n) is 15.5. The van der Waals surface area contributed by atoms with Crippen molar-refractivity contribution in [1.82, 2.24) is 5.32 Å². The molecular weight excluding hydrogens is 615 g/mol. The van der Waals surface area contributed by atoms with Crippen LogP contribution in [0.15, 0.2) is 0 Å². The van der Waals surface area contributed by atoms with Crippen LogP contribution in [0.1, 0.15) is 105 Å². The van der Waals surface area contributed by atoms with Gasteiger partial charge >= 0.3 is 0 Å². The summed E-state index contributed by atoms with van der Waals surface area (Å²) in [5.74, 6) is 2.18. The Morgan fingerprint density at radius 3 is 2.40 bits per heavy atom. The van der Waals surface area contributed by atoms with Gasteiger partial charge in [-0.05, 0) is 104 Å². The van der Waals surface area contributed by atoms with Crippen LogP contribution in [-0.4, -0.2) is 77.8 Å². The van der Waals surface area contributed by atoms with Crippen molar-refractivity contribution in [2.24, 2.45) is 46.3 Å². The van der Waals surface area contributed by atoms with Crippen molar-refractivity contribution >= 4 is 5.91 Å². The maximum absolute atomic E-state index is 12.7. The predicted molar refractivity (Wildman–Crippen MR) is 157 cm³/mol. The predicted octanol–water partition coefficient (Wildman–Crippen LogP) is 1.75. The van der Waals surface area contributed by atoms with Crippen LogP contribution in [-0.2, 0) is 4.79 Å². The number of rotatable bonds is 11. The monoisotopic (exact) mass is 676 g/mol. The van der Waals surface area contributed by atoms with Gasteiger partial charge in [-0.1, -0.05) is 34.1 Å². The van der Waals surface area contributed by atoms with E-state index in [4.69, 9.17) is 0 Å². The van der Waals surface area contributed by atoms with Gasteiger partial charge in [-0.2, -0.15) is 0 Å². The molecule has 4 N–H and O–H groups in total. The molecule has 4 aliphatic rings. The summed E-state index contributed by atoms with van der Waals surface area (Å²) in [5, 5.41) is 36.7. The van der Waals surface area contributed by atoms with E-state index < -0.39 is 0 Å². The first-order valence-corrected chi connectivity index (χ1v) is 16.5. The molecule has 4 saturated carbocycles. The van der Waals surface area contributed by atoms with Gasteiger partial charge in [-0.15, -0.1) is 0 Å². The molecule has 0 aromatic rings. The highest BCUT2D eigenvalue weighted by molar-refractivity contribution is 5.75. The molecule has 234 valence electrons. The first-order valence-electron chi connectivity index (χ1n) is 16.5. The fourth-order valence-corrected chi connectivity index (χ4v) is 10.2. The topological polar surface area (TPSA) is 89.8 Å². The Bertz CT molecular complexity index is 841. The molecule has 4 aliphatic carbocycles. The van der Waals surface area contributed by atoms with Gasteiger partial charge in [0.05, 0.1) is 45.5 Å². The number of unbranched alkanes of at least 4 members (excludes halogenated alkanes) is 1. The van der Waals surface area contributed by atoms with Crippen molar-refractivity contribution < 1.29 is 48.6 Å². The lowest BCUT2D eigenvalue weighted by Crippen LogP contribution is -3.00. The normalized spacial score (nSPS) is 41.7. The zero-order valence-electron chi connectivity index (χ0n) is 26.4. The molecule has 0 bridgehead atoms. The van der Waals surface area contributed by atoms with Crippen molar-refractivity contribution in [3.8, 4) is 0 Å². The summed E-state index contributed by atoms with van der Waals surface area (Å²) < 4.78 is 1.02. The zero-order valence-corrected chi connectivity index (χ0v) is 28.5. The number of carbonyl (C=O) groups is 1. The highest BCUT2D eigenvalue weighted by atomic mass is 127. The molecule has 0 aliphatic heterocycles. The molecule has 0 aromatic heterocycles. The minimum absolute atomic E-state index is 0. The molecule has 40 heavy (non-hydrogen) atoms. The Morgan fingerprint density at radius 2 is 1.70 bits per heavy atom. The standard InChI is InChI=1S/C33H60N2O4.HI/c1-7-8-17-35(5,6)18-9-16-34-30(39)13-10-22(2)25-11-12-26-31-27(21-29(38)33(25,26)4)32(3)15-14-24(36)19-23(32)20-28(31)37;/h22-29,31,36-38H,7-21H2,1-6H3;1H/t22-,23?,24-,25-,26?,27?,28-,29+,31?,32+,33-;/m1./s1. The summed E-state index contributed by atoms with van der Waals surface area (Å²) in [7, 11) is 4.56. The number of fused-ring (bicyclic) bond motifs is 5. The number of carbonyl (C=O) groups excluding carboxylic acids is 1. The molecule has 0 spiro atoms. The highest BCUT2D eigenvalue weighted by Crippen LogP contribution is 2.68. The first-order chi connectivity index (χ1) is 18.3. The third kappa shape index (κ3) is 6.89. The Labute approximate surface area is 262 Å². The average Bonchev–Trinajstić information content (AvgIpc) is 3.24. The number of hydrogen-bond donors (Lipinski definition) is 4. The largest absolute Gasteiger partial charge is 1.00 e. The maximum atomic E-state index is 12.7. The first kappa shape index (κ1) is 34.5. The van der Waals surface area contributed by atoms with E-state index in [9.17, 15) is 20.1 Å². The summed E-state index contributed by atoms with van der Waals surface area (Å²) >= 11 is 0. The van der Waals surface area contributed by atoms with Crippen molar-refractivity contribution in [1.29, 1.82) is 0 Å². The molecule has 4 rings (SSSR count). The fraction of sp³-hybridized carbons (Fsp3) is 0.970. The molecule has 7 heteroatoms. The average molecular weight is 677 g/mol. The maximum Gasteiger partial charge on any atom is 0.220 e. The summed E-state index contributed by atoms with van der Waals surface area (Å²) in [6, 6.07) is 0. The van der Waals surface area contributed by atoms with Crippen LogP contribution < -0.4 is 29.3 Å². The van der Waals surface area contributed by atoms with E-state index >= 15 is 0 Å². The molecule has 6 nitrogen and oxygen atoms in total. The lowest BCUT2D eigenvalue weighted by atomic mass is 9.43. The van der Waals surface area contributed by atoms with E-state index in [-0.39, 0.29) is 64.9 Å². The second kappa shape index (κ2) is 13.8. The SMILES string of the molecule is CCCC[N+](C)(C)CCCNC(=O)CC[C@@H](C)[C@H]1CCC2C3C(C[C@H](O)[C@@]21C)[C@@]1(C)CC[C@@H](O)CC1C[C@H]3O.[I-]. The van der Waals surface area contributed by atoms with Crippen molar-refractivity contribution in [3.05, 3.63) is 0 Å². The third-order valence-electron chi connectivity index (χ3n) is 12.7. The van der Waals surface area contributed by atoms with Gasteiger partial charge in [-0.25, -0.2) is 0 Å². The van der Waals surface area contributed by atoms with E-state index in [0.29, 0.717) is 36.0 Å². The molecule has 1 amide bonds. The van der Waals surface area contributed by atoms with Crippen LogP contribution in [0.2, 0.25) is 0 Å². The molecule has 4 fully saturated rings. The molecule has 0 saturated heterocycles. The molecule has 0 heterocycles. The van der Waals surface area contributed by atoms with Gasteiger partial charge in [0.2, 0.25) is 5.91 Å². The van der Waals surface area contributed by atoms with Crippen molar-refractivity contribution in [2.45, 2.75) is 123 Å². The van der Waals surface area contributed by atoms with E-state index in [1.807, 2.05) is 0 Å². The lowest BCUT2D eigenvalue weighted by Gasteiger charge is -2.63. The number of quaternary nitrogens is 1. The van der Waals surface area contributed by atoms with E-state index in [0.717, 1.165) is 75.4 Å². The lowest BCUT2D eigenvalue weighted by molar-refractivity contribution is -0.890. The zero-order chi connectivity index (χ0) is 28.6. The Hall–Kier alpha value is 0.0400.